The van der Waals surface area contributed by atoms with Gasteiger partial charge in [-0.05, 0) is 24.6 Å². The van der Waals surface area contributed by atoms with Gasteiger partial charge in [0.15, 0.2) is 11.6 Å². The number of benzene rings is 1. The number of carbonyl (C=O) groups excluding carboxylic acids is 2. The van der Waals surface area contributed by atoms with Crippen LogP contribution >= 0.6 is 0 Å². The quantitative estimate of drug-likeness (QED) is 0.746. The minimum Gasteiger partial charge on any atom is -0.466 e. The fourth-order valence-electron chi connectivity index (χ4n) is 1.30. The highest BCUT2D eigenvalue weighted by atomic mass is 19.2. The third kappa shape index (κ3) is 5.46. The van der Waals surface area contributed by atoms with Gasteiger partial charge in [-0.1, -0.05) is 6.07 Å². The molecule has 0 amide bonds. The Hall–Kier alpha value is -1.98. The molecule has 0 atom stereocenters. The van der Waals surface area contributed by atoms with E-state index in [1.165, 1.54) is 6.07 Å². The molecule has 0 aliphatic heterocycles. The summed E-state index contributed by atoms with van der Waals surface area (Å²) in [5.74, 6) is -3.04. The van der Waals surface area contributed by atoms with E-state index in [4.69, 9.17) is 4.74 Å². The van der Waals surface area contributed by atoms with Crippen molar-refractivity contribution in [3.05, 3.63) is 35.4 Å². The van der Waals surface area contributed by atoms with E-state index in [1.54, 1.807) is 6.92 Å². The average molecular weight is 272 g/mol. The number of carbonyl (C=O) groups is 2. The Kier molecular flexibility index (Phi) is 5.92. The number of halogens is 2. The van der Waals surface area contributed by atoms with Gasteiger partial charge in [-0.2, -0.15) is 0 Å². The normalized spacial score (nSPS) is 10.1. The molecule has 0 aliphatic carbocycles. The highest BCUT2D eigenvalue weighted by molar-refractivity contribution is 5.77. The van der Waals surface area contributed by atoms with Gasteiger partial charge in [0.1, 0.15) is 6.61 Å². The number of esters is 2. The second-order valence-electron chi connectivity index (χ2n) is 3.71. The van der Waals surface area contributed by atoms with E-state index in [0.717, 1.165) is 12.1 Å². The molecule has 1 aromatic rings. The van der Waals surface area contributed by atoms with Crippen LogP contribution in [0.5, 0.6) is 0 Å². The Morgan fingerprint density at radius 3 is 2.26 bits per heavy atom. The summed E-state index contributed by atoms with van der Waals surface area (Å²) >= 11 is 0. The van der Waals surface area contributed by atoms with Crippen molar-refractivity contribution in [2.75, 3.05) is 6.61 Å². The fourth-order valence-corrected chi connectivity index (χ4v) is 1.30. The molecule has 104 valence electrons. The van der Waals surface area contributed by atoms with Gasteiger partial charge in [0.05, 0.1) is 19.4 Å². The smallest absolute Gasteiger partial charge is 0.306 e. The predicted octanol–water partition coefficient (Wildman–Crippen LogP) is 2.35. The van der Waals surface area contributed by atoms with Gasteiger partial charge in [-0.3, -0.25) is 9.59 Å². The summed E-state index contributed by atoms with van der Waals surface area (Å²) in [6.45, 7) is 1.75. The molecule has 0 aliphatic rings. The van der Waals surface area contributed by atoms with Crippen molar-refractivity contribution in [2.24, 2.45) is 0 Å². The maximum atomic E-state index is 12.9. The Balaban J connectivity index is 2.33. The van der Waals surface area contributed by atoms with Crippen molar-refractivity contribution in [1.82, 2.24) is 0 Å². The van der Waals surface area contributed by atoms with Crippen LogP contribution in [0.4, 0.5) is 8.78 Å². The Labute approximate surface area is 109 Å². The Morgan fingerprint density at radius 2 is 1.68 bits per heavy atom. The molecule has 0 saturated heterocycles. The Bertz CT molecular complexity index is 460. The van der Waals surface area contributed by atoms with E-state index in [0.29, 0.717) is 5.56 Å². The molecule has 0 fully saturated rings. The summed E-state index contributed by atoms with van der Waals surface area (Å²) in [5.41, 5.74) is 0.336. The second kappa shape index (κ2) is 7.45. The molecule has 0 radical (unpaired) electrons. The van der Waals surface area contributed by atoms with E-state index >= 15 is 0 Å². The number of ether oxygens (including phenoxy) is 2. The average Bonchev–Trinajstić information content (AvgIpc) is 2.38. The van der Waals surface area contributed by atoms with Crippen molar-refractivity contribution in [3.8, 4) is 0 Å². The molecule has 0 heterocycles. The van der Waals surface area contributed by atoms with E-state index in [1.807, 2.05) is 0 Å². The maximum absolute atomic E-state index is 12.9. The van der Waals surface area contributed by atoms with E-state index < -0.39 is 23.6 Å². The van der Waals surface area contributed by atoms with Crippen molar-refractivity contribution in [1.29, 1.82) is 0 Å². The van der Waals surface area contributed by atoms with Crippen LogP contribution in [-0.4, -0.2) is 18.5 Å². The molecule has 0 bridgehead atoms. The molecule has 0 saturated carbocycles. The zero-order chi connectivity index (χ0) is 14.3. The Morgan fingerprint density at radius 1 is 1.05 bits per heavy atom. The minimum absolute atomic E-state index is 0.0650. The highest BCUT2D eigenvalue weighted by Crippen LogP contribution is 2.10. The van der Waals surface area contributed by atoms with Crippen LogP contribution in [0.1, 0.15) is 25.3 Å². The van der Waals surface area contributed by atoms with Gasteiger partial charge >= 0.3 is 11.9 Å². The molecule has 0 N–H and O–H groups in total. The lowest BCUT2D eigenvalue weighted by Gasteiger charge is -2.05. The molecule has 0 aromatic heterocycles. The predicted molar refractivity (Wildman–Crippen MR) is 62.0 cm³/mol. The van der Waals surface area contributed by atoms with E-state index in [-0.39, 0.29) is 26.1 Å². The maximum Gasteiger partial charge on any atom is 0.306 e. The van der Waals surface area contributed by atoms with Crippen molar-refractivity contribution >= 4 is 11.9 Å². The van der Waals surface area contributed by atoms with Crippen LogP contribution in [0, 0.1) is 11.6 Å². The molecule has 19 heavy (non-hydrogen) atoms. The van der Waals surface area contributed by atoms with Gasteiger partial charge in [0.25, 0.3) is 0 Å². The van der Waals surface area contributed by atoms with Gasteiger partial charge in [-0.15, -0.1) is 0 Å². The molecule has 1 aromatic carbocycles. The summed E-state index contributed by atoms with van der Waals surface area (Å²) < 4.78 is 35.0. The third-order valence-electron chi connectivity index (χ3n) is 2.22. The summed E-state index contributed by atoms with van der Waals surface area (Å²) in [6, 6.07) is 3.22. The van der Waals surface area contributed by atoms with Crippen molar-refractivity contribution in [3.63, 3.8) is 0 Å². The minimum atomic E-state index is -1.000. The monoisotopic (exact) mass is 272 g/mol. The second-order valence-corrected chi connectivity index (χ2v) is 3.71. The molecule has 0 unspecified atom stereocenters. The topological polar surface area (TPSA) is 52.6 Å². The highest BCUT2D eigenvalue weighted by Gasteiger charge is 2.09. The molecule has 6 heteroatoms. The lowest BCUT2D eigenvalue weighted by atomic mass is 10.2. The van der Waals surface area contributed by atoms with Gasteiger partial charge in [0, 0.05) is 0 Å². The third-order valence-corrected chi connectivity index (χ3v) is 2.22. The largest absolute Gasteiger partial charge is 0.466 e. The first kappa shape index (κ1) is 15.1. The molecule has 1 rings (SSSR count). The first-order valence-electron chi connectivity index (χ1n) is 5.78. The zero-order valence-corrected chi connectivity index (χ0v) is 10.4. The first-order valence-corrected chi connectivity index (χ1v) is 5.78. The van der Waals surface area contributed by atoms with Crippen molar-refractivity contribution in [2.45, 2.75) is 26.4 Å². The van der Waals surface area contributed by atoms with Crippen LogP contribution in [0.25, 0.3) is 0 Å². The summed E-state index contributed by atoms with van der Waals surface area (Å²) in [4.78, 5) is 22.3. The zero-order valence-electron chi connectivity index (χ0n) is 10.4. The first-order chi connectivity index (χ1) is 9.02. The number of rotatable bonds is 6. The molecule has 0 spiro atoms. The van der Waals surface area contributed by atoms with Crippen LogP contribution in [-0.2, 0) is 25.7 Å². The van der Waals surface area contributed by atoms with Crippen LogP contribution < -0.4 is 0 Å². The summed E-state index contributed by atoms with van der Waals surface area (Å²) in [7, 11) is 0. The fraction of sp³-hybridized carbons (Fsp3) is 0.385. The van der Waals surface area contributed by atoms with Crippen LogP contribution in [0.15, 0.2) is 18.2 Å². The molecule has 4 nitrogen and oxygen atoms in total. The van der Waals surface area contributed by atoms with Crippen LogP contribution in [0.3, 0.4) is 0 Å². The molecular formula is C13H14F2O4. The summed E-state index contributed by atoms with van der Waals surface area (Å²) in [6.07, 6.45) is -0.174. The number of hydrogen-bond acceptors (Lipinski definition) is 4. The SMILES string of the molecule is CCOC(=O)CCC(=O)OCc1ccc(F)c(F)c1. The van der Waals surface area contributed by atoms with Gasteiger partial charge < -0.3 is 9.47 Å². The van der Waals surface area contributed by atoms with Gasteiger partial charge in [0.2, 0.25) is 0 Å². The lowest BCUT2D eigenvalue weighted by Crippen LogP contribution is -2.10. The standard InChI is InChI=1S/C13H14F2O4/c1-2-18-12(16)5-6-13(17)19-8-9-3-4-10(14)11(15)7-9/h3-4,7H,2,5-6,8H2,1H3. The van der Waals surface area contributed by atoms with E-state index in [9.17, 15) is 18.4 Å². The number of hydrogen-bond donors (Lipinski definition) is 0. The lowest BCUT2D eigenvalue weighted by molar-refractivity contribution is -0.150. The summed E-state index contributed by atoms with van der Waals surface area (Å²) in [5, 5.41) is 0. The van der Waals surface area contributed by atoms with E-state index in [2.05, 4.69) is 4.74 Å². The van der Waals surface area contributed by atoms with Gasteiger partial charge in [-0.25, -0.2) is 8.78 Å². The van der Waals surface area contributed by atoms with Crippen molar-refractivity contribution < 1.29 is 27.8 Å². The van der Waals surface area contributed by atoms with Crippen LogP contribution in [0.2, 0.25) is 0 Å². The molecular weight excluding hydrogens is 258 g/mol.